The number of piperazine rings is 1. The van der Waals surface area contributed by atoms with E-state index in [0.717, 1.165) is 5.56 Å². The molecule has 22 heavy (non-hydrogen) atoms. The fraction of sp³-hybridized carbons (Fsp3) is 0.500. The summed E-state index contributed by atoms with van der Waals surface area (Å²) in [6.07, 6.45) is -0.284. The second-order valence-electron chi connectivity index (χ2n) is 5.88. The molecule has 2 fully saturated rings. The standard InChI is InChI=1S/C16H20N2O4/c1-22-16(21)18-12-7-13(19)8-14(18)15(20)17(10-12)9-11-5-3-2-4-6-11/h2-6,12-14,19H,7-10H2,1H3/t12-,13+,14+/m1/s1. The number of hydrogen-bond acceptors (Lipinski definition) is 4. The molecule has 3 atom stereocenters. The minimum absolute atomic E-state index is 0.121. The van der Waals surface area contributed by atoms with Crippen molar-refractivity contribution in [2.45, 2.75) is 37.6 Å². The highest BCUT2D eigenvalue weighted by molar-refractivity contribution is 5.87. The summed E-state index contributed by atoms with van der Waals surface area (Å²) >= 11 is 0. The molecule has 1 aromatic rings. The lowest BCUT2D eigenvalue weighted by Crippen LogP contribution is -2.67. The summed E-state index contributed by atoms with van der Waals surface area (Å²) in [5, 5.41) is 9.93. The molecule has 1 N–H and O–H groups in total. The Labute approximate surface area is 129 Å². The summed E-state index contributed by atoms with van der Waals surface area (Å²) in [5.41, 5.74) is 1.06. The summed E-state index contributed by atoms with van der Waals surface area (Å²) in [6.45, 7) is 0.953. The molecule has 0 spiro atoms. The van der Waals surface area contributed by atoms with Crippen LogP contribution in [0.2, 0.25) is 0 Å². The van der Waals surface area contributed by atoms with Gasteiger partial charge >= 0.3 is 6.09 Å². The predicted octanol–water partition coefficient (Wildman–Crippen LogP) is 0.989. The van der Waals surface area contributed by atoms with Gasteiger partial charge in [-0.15, -0.1) is 0 Å². The number of aliphatic hydroxyl groups is 1. The Bertz CT molecular complexity index is 563. The lowest BCUT2D eigenvalue weighted by Gasteiger charge is -2.49. The molecule has 2 saturated heterocycles. The Morgan fingerprint density at radius 2 is 2.05 bits per heavy atom. The molecule has 2 aliphatic heterocycles. The van der Waals surface area contributed by atoms with E-state index in [4.69, 9.17) is 4.74 Å². The van der Waals surface area contributed by atoms with Crippen molar-refractivity contribution >= 4 is 12.0 Å². The molecule has 0 saturated carbocycles. The zero-order chi connectivity index (χ0) is 15.7. The van der Waals surface area contributed by atoms with E-state index in [9.17, 15) is 14.7 Å². The summed E-state index contributed by atoms with van der Waals surface area (Å²) in [7, 11) is 1.31. The number of fused-ring (bicyclic) bond motifs is 2. The molecule has 6 heteroatoms. The molecule has 0 aromatic heterocycles. The van der Waals surface area contributed by atoms with Gasteiger partial charge in [0.25, 0.3) is 0 Å². The number of aliphatic hydroxyl groups excluding tert-OH is 1. The summed E-state index contributed by atoms with van der Waals surface area (Å²) < 4.78 is 4.80. The first-order valence-electron chi connectivity index (χ1n) is 7.47. The van der Waals surface area contributed by atoms with Gasteiger partial charge in [0, 0.05) is 19.5 Å². The number of carbonyl (C=O) groups excluding carboxylic acids is 2. The molecule has 2 heterocycles. The molecule has 0 unspecified atom stereocenters. The van der Waals surface area contributed by atoms with Crippen LogP contribution in [0, 0.1) is 0 Å². The number of benzene rings is 1. The average Bonchev–Trinajstić information content (AvgIpc) is 2.52. The van der Waals surface area contributed by atoms with Crippen LogP contribution in [0.25, 0.3) is 0 Å². The van der Waals surface area contributed by atoms with Gasteiger partial charge in [-0.25, -0.2) is 4.79 Å². The van der Waals surface area contributed by atoms with E-state index < -0.39 is 18.2 Å². The average molecular weight is 304 g/mol. The normalized spacial score (nSPS) is 27.7. The first-order chi connectivity index (χ1) is 10.6. The fourth-order valence-electron chi connectivity index (χ4n) is 3.42. The highest BCUT2D eigenvalue weighted by atomic mass is 16.5. The zero-order valence-corrected chi connectivity index (χ0v) is 12.5. The molecule has 2 amide bonds. The van der Waals surface area contributed by atoms with Gasteiger partial charge in [-0.1, -0.05) is 30.3 Å². The van der Waals surface area contributed by atoms with E-state index >= 15 is 0 Å². The minimum atomic E-state index is -0.626. The van der Waals surface area contributed by atoms with Gasteiger partial charge in [0.15, 0.2) is 0 Å². The van der Waals surface area contributed by atoms with Crippen LogP contribution in [0.1, 0.15) is 18.4 Å². The highest BCUT2D eigenvalue weighted by Gasteiger charge is 2.48. The minimum Gasteiger partial charge on any atom is -0.453 e. The van der Waals surface area contributed by atoms with Crippen LogP contribution in [0.5, 0.6) is 0 Å². The van der Waals surface area contributed by atoms with Crippen LogP contribution in [0.15, 0.2) is 30.3 Å². The van der Waals surface area contributed by atoms with Crippen LogP contribution in [0.4, 0.5) is 4.79 Å². The Kier molecular flexibility index (Phi) is 4.02. The summed E-state index contributed by atoms with van der Waals surface area (Å²) in [5.74, 6) is -0.121. The largest absolute Gasteiger partial charge is 0.453 e. The van der Waals surface area contributed by atoms with Crippen LogP contribution in [0.3, 0.4) is 0 Å². The lowest BCUT2D eigenvalue weighted by molar-refractivity contribution is -0.151. The molecule has 1 aromatic carbocycles. The van der Waals surface area contributed by atoms with E-state index in [-0.39, 0.29) is 18.4 Å². The first-order valence-corrected chi connectivity index (χ1v) is 7.47. The maximum atomic E-state index is 12.7. The second kappa shape index (κ2) is 5.96. The molecule has 0 aliphatic carbocycles. The van der Waals surface area contributed by atoms with Gasteiger partial charge in [0.2, 0.25) is 5.91 Å². The van der Waals surface area contributed by atoms with Crippen molar-refractivity contribution in [2.24, 2.45) is 0 Å². The third kappa shape index (κ3) is 2.66. The van der Waals surface area contributed by atoms with Crippen LogP contribution in [-0.2, 0) is 16.1 Å². The molecular formula is C16H20N2O4. The molecule has 3 rings (SSSR count). The Morgan fingerprint density at radius 1 is 1.32 bits per heavy atom. The maximum Gasteiger partial charge on any atom is 0.410 e. The van der Waals surface area contributed by atoms with Gasteiger partial charge in [-0.05, 0) is 12.0 Å². The van der Waals surface area contributed by atoms with Crippen molar-refractivity contribution in [3.63, 3.8) is 0 Å². The Morgan fingerprint density at radius 3 is 2.73 bits per heavy atom. The van der Waals surface area contributed by atoms with E-state index in [1.54, 1.807) is 4.90 Å². The molecular weight excluding hydrogens is 284 g/mol. The second-order valence-corrected chi connectivity index (χ2v) is 5.88. The smallest absolute Gasteiger partial charge is 0.410 e. The summed E-state index contributed by atoms with van der Waals surface area (Å²) in [6, 6.07) is 8.95. The molecule has 2 aliphatic rings. The molecule has 118 valence electrons. The molecule has 6 nitrogen and oxygen atoms in total. The third-order valence-corrected chi connectivity index (χ3v) is 4.40. The van der Waals surface area contributed by atoms with E-state index in [2.05, 4.69) is 0 Å². The third-order valence-electron chi connectivity index (χ3n) is 4.40. The number of carbonyl (C=O) groups is 2. The number of amides is 2. The number of ether oxygens (including phenoxy) is 1. The zero-order valence-electron chi connectivity index (χ0n) is 12.5. The van der Waals surface area contributed by atoms with Crippen molar-refractivity contribution in [1.82, 2.24) is 9.80 Å². The number of nitrogens with zero attached hydrogens (tertiary/aromatic N) is 2. The molecule has 0 radical (unpaired) electrons. The van der Waals surface area contributed by atoms with E-state index in [1.165, 1.54) is 12.0 Å². The monoisotopic (exact) mass is 304 g/mol. The van der Waals surface area contributed by atoms with Crippen molar-refractivity contribution in [3.05, 3.63) is 35.9 Å². The number of hydrogen-bond donors (Lipinski definition) is 1. The number of rotatable bonds is 2. The van der Waals surface area contributed by atoms with E-state index in [1.807, 2.05) is 30.3 Å². The van der Waals surface area contributed by atoms with Crippen molar-refractivity contribution < 1.29 is 19.4 Å². The van der Waals surface area contributed by atoms with Crippen molar-refractivity contribution in [1.29, 1.82) is 0 Å². The predicted molar refractivity (Wildman–Crippen MR) is 78.9 cm³/mol. The SMILES string of the molecule is COC(=O)N1[C@@H]2C[C@H](O)C[C@H]1C(=O)N(Cc1ccccc1)C2. The van der Waals surface area contributed by atoms with Crippen molar-refractivity contribution in [3.8, 4) is 0 Å². The Hall–Kier alpha value is -2.08. The maximum absolute atomic E-state index is 12.7. The number of likely N-dealkylation sites (tertiary alicyclic amines) is 1. The van der Waals surface area contributed by atoms with Crippen LogP contribution >= 0.6 is 0 Å². The first kappa shape index (κ1) is 14.8. The van der Waals surface area contributed by atoms with E-state index in [0.29, 0.717) is 19.5 Å². The van der Waals surface area contributed by atoms with Crippen molar-refractivity contribution in [2.75, 3.05) is 13.7 Å². The van der Waals surface area contributed by atoms with Gasteiger partial charge < -0.3 is 14.7 Å². The van der Waals surface area contributed by atoms with Gasteiger partial charge in [0.05, 0.1) is 19.3 Å². The number of methoxy groups -OCH3 is 1. The fourth-order valence-corrected chi connectivity index (χ4v) is 3.42. The Balaban J connectivity index is 1.81. The number of piperidine rings is 1. The van der Waals surface area contributed by atoms with Gasteiger partial charge in [0.1, 0.15) is 6.04 Å². The highest BCUT2D eigenvalue weighted by Crippen LogP contribution is 2.31. The summed E-state index contributed by atoms with van der Waals surface area (Å²) in [4.78, 5) is 27.9. The van der Waals surface area contributed by atoms with Gasteiger partial charge in [-0.3, -0.25) is 9.69 Å². The topological polar surface area (TPSA) is 70.1 Å². The van der Waals surface area contributed by atoms with Crippen LogP contribution < -0.4 is 0 Å². The quantitative estimate of drug-likeness (QED) is 0.884. The lowest BCUT2D eigenvalue weighted by atomic mass is 9.89. The molecule has 2 bridgehead atoms. The van der Waals surface area contributed by atoms with Gasteiger partial charge in [-0.2, -0.15) is 0 Å². The van der Waals surface area contributed by atoms with Crippen LogP contribution in [-0.4, -0.2) is 58.7 Å².